The zero-order valence-corrected chi connectivity index (χ0v) is 15.7. The Morgan fingerprint density at radius 2 is 1.79 bits per heavy atom. The number of rotatable bonds is 4. The highest BCUT2D eigenvalue weighted by molar-refractivity contribution is 8.02. The summed E-state index contributed by atoms with van der Waals surface area (Å²) in [5, 5.41) is 3.61. The molecule has 0 saturated carbocycles. The molecule has 24 heavy (non-hydrogen) atoms. The fourth-order valence-electron chi connectivity index (χ4n) is 2.06. The van der Waals surface area contributed by atoms with E-state index in [9.17, 15) is 9.18 Å². The van der Waals surface area contributed by atoms with Gasteiger partial charge in [-0.15, -0.1) is 11.8 Å². The summed E-state index contributed by atoms with van der Waals surface area (Å²) in [5.74, 6) is -0.628. The van der Waals surface area contributed by atoms with Crippen LogP contribution in [0.1, 0.15) is 13.8 Å². The van der Waals surface area contributed by atoms with Crippen molar-refractivity contribution < 1.29 is 9.18 Å². The number of halogens is 3. The van der Waals surface area contributed by atoms with Crippen molar-refractivity contribution in [3.63, 3.8) is 0 Å². The molecule has 0 aliphatic heterocycles. The third kappa shape index (κ3) is 4.32. The molecule has 0 bridgehead atoms. The molecule has 0 atom stereocenters. The second-order valence-electron chi connectivity index (χ2n) is 5.16. The average molecular weight is 384 g/mol. The third-order valence-electron chi connectivity index (χ3n) is 3.64. The summed E-state index contributed by atoms with van der Waals surface area (Å²) < 4.78 is 13.7. The van der Waals surface area contributed by atoms with Crippen molar-refractivity contribution in [1.29, 1.82) is 0 Å². The molecule has 0 fully saturated rings. The van der Waals surface area contributed by atoms with Gasteiger partial charge in [-0.2, -0.15) is 0 Å². The molecule has 0 aliphatic rings. The minimum absolute atomic E-state index is 0.227. The van der Waals surface area contributed by atoms with Gasteiger partial charge in [0.05, 0.1) is 10.0 Å². The number of benzene rings is 2. The Kier molecular flexibility index (Phi) is 6.33. The Morgan fingerprint density at radius 1 is 1.08 bits per heavy atom. The number of allylic oxidation sites excluding steroid dienone is 1. The molecule has 6 heteroatoms. The minimum atomic E-state index is -0.401. The fourth-order valence-corrected chi connectivity index (χ4v) is 2.75. The van der Waals surface area contributed by atoms with Crippen LogP contribution in [0.3, 0.4) is 0 Å². The first-order chi connectivity index (χ1) is 11.3. The van der Waals surface area contributed by atoms with Gasteiger partial charge in [-0.25, -0.2) is 4.39 Å². The van der Waals surface area contributed by atoms with Crippen LogP contribution in [0.15, 0.2) is 46.9 Å². The molecule has 2 nitrogen and oxygen atoms in total. The van der Waals surface area contributed by atoms with Gasteiger partial charge in [0.15, 0.2) is 0 Å². The number of amides is 1. The molecule has 2 rings (SSSR count). The van der Waals surface area contributed by atoms with Crippen molar-refractivity contribution in [3.8, 4) is 11.1 Å². The average Bonchev–Trinajstić information content (AvgIpc) is 2.57. The van der Waals surface area contributed by atoms with Crippen LogP contribution in [-0.4, -0.2) is 12.2 Å². The van der Waals surface area contributed by atoms with Gasteiger partial charge in [-0.05, 0) is 60.9 Å². The lowest BCUT2D eigenvalue weighted by molar-refractivity contribution is -0.112. The maximum atomic E-state index is 13.7. The molecule has 0 spiro atoms. The van der Waals surface area contributed by atoms with E-state index >= 15 is 0 Å². The number of anilines is 1. The molecule has 1 amide bonds. The van der Waals surface area contributed by atoms with Gasteiger partial charge >= 0.3 is 0 Å². The summed E-state index contributed by atoms with van der Waals surface area (Å²) in [6.07, 6.45) is 1.91. The molecular formula is C18H16Cl2FNOS. The van der Waals surface area contributed by atoms with E-state index in [2.05, 4.69) is 5.32 Å². The first-order valence-electron chi connectivity index (χ1n) is 7.11. The van der Waals surface area contributed by atoms with Crippen molar-refractivity contribution in [2.75, 3.05) is 11.6 Å². The Labute approximate surface area is 155 Å². The number of carbonyl (C=O) groups is 1. The number of hydrogen-bond acceptors (Lipinski definition) is 2. The highest BCUT2D eigenvalue weighted by atomic mass is 35.5. The normalized spacial score (nSPS) is 11.9. The highest BCUT2D eigenvalue weighted by Crippen LogP contribution is 2.33. The van der Waals surface area contributed by atoms with Gasteiger partial charge in [0, 0.05) is 16.8 Å². The maximum absolute atomic E-state index is 13.7. The maximum Gasteiger partial charge on any atom is 0.252 e. The summed E-state index contributed by atoms with van der Waals surface area (Å²) in [6, 6.07) is 9.21. The predicted molar refractivity (Wildman–Crippen MR) is 102 cm³/mol. The van der Waals surface area contributed by atoms with Crippen molar-refractivity contribution in [3.05, 3.63) is 62.7 Å². The summed E-state index contributed by atoms with van der Waals surface area (Å²) >= 11 is 13.5. The van der Waals surface area contributed by atoms with Crippen LogP contribution < -0.4 is 5.32 Å². The molecule has 0 radical (unpaired) electrons. The van der Waals surface area contributed by atoms with Gasteiger partial charge in [-0.3, -0.25) is 4.79 Å². The molecule has 0 saturated heterocycles. The Bertz CT molecular complexity index is 821. The van der Waals surface area contributed by atoms with Gasteiger partial charge < -0.3 is 5.32 Å². The molecular weight excluding hydrogens is 368 g/mol. The first kappa shape index (κ1) is 18.8. The van der Waals surface area contributed by atoms with E-state index in [1.165, 1.54) is 30.0 Å². The minimum Gasteiger partial charge on any atom is -0.322 e. The van der Waals surface area contributed by atoms with Gasteiger partial charge in [-0.1, -0.05) is 29.3 Å². The summed E-state index contributed by atoms with van der Waals surface area (Å²) in [6.45, 7) is 3.63. The smallest absolute Gasteiger partial charge is 0.252 e. The molecule has 2 aromatic rings. The lowest BCUT2D eigenvalue weighted by Crippen LogP contribution is -2.14. The Hall–Kier alpha value is -1.49. The van der Waals surface area contributed by atoms with Gasteiger partial charge in [0.25, 0.3) is 5.91 Å². The van der Waals surface area contributed by atoms with Crippen LogP contribution in [0.4, 0.5) is 10.1 Å². The van der Waals surface area contributed by atoms with E-state index < -0.39 is 5.82 Å². The SMILES string of the molecule is CS/C(C)=C(\C)C(=O)Nc1ccc(F)cc1-c1ccc(Cl)c(Cl)c1. The summed E-state index contributed by atoms with van der Waals surface area (Å²) in [4.78, 5) is 13.3. The number of carbonyl (C=O) groups excluding carboxylic acids is 1. The topological polar surface area (TPSA) is 29.1 Å². The van der Waals surface area contributed by atoms with Crippen molar-refractivity contribution in [1.82, 2.24) is 0 Å². The van der Waals surface area contributed by atoms with E-state index in [4.69, 9.17) is 23.2 Å². The zero-order valence-electron chi connectivity index (χ0n) is 13.4. The predicted octanol–water partition coefficient (Wildman–Crippen LogP) is 6.39. The lowest BCUT2D eigenvalue weighted by atomic mass is 10.0. The molecule has 0 heterocycles. The highest BCUT2D eigenvalue weighted by Gasteiger charge is 2.13. The summed E-state index contributed by atoms with van der Waals surface area (Å²) in [7, 11) is 0. The number of thioether (sulfide) groups is 1. The van der Waals surface area contributed by atoms with Crippen LogP contribution in [0.5, 0.6) is 0 Å². The lowest BCUT2D eigenvalue weighted by Gasteiger charge is -2.13. The largest absolute Gasteiger partial charge is 0.322 e. The van der Waals surface area contributed by atoms with Crippen LogP contribution >= 0.6 is 35.0 Å². The molecule has 1 N–H and O–H groups in total. The van der Waals surface area contributed by atoms with E-state index in [1.807, 2.05) is 13.2 Å². The van der Waals surface area contributed by atoms with Crippen LogP contribution in [-0.2, 0) is 4.79 Å². The quantitative estimate of drug-likeness (QED) is 0.619. The van der Waals surface area contributed by atoms with Crippen molar-refractivity contribution >= 4 is 46.6 Å². The number of nitrogens with one attached hydrogen (secondary N) is 1. The van der Waals surface area contributed by atoms with E-state index in [-0.39, 0.29) is 5.91 Å². The zero-order chi connectivity index (χ0) is 17.9. The van der Waals surface area contributed by atoms with Gasteiger partial charge in [0.2, 0.25) is 0 Å². The molecule has 2 aromatic carbocycles. The van der Waals surface area contributed by atoms with E-state index in [0.717, 1.165) is 4.91 Å². The first-order valence-corrected chi connectivity index (χ1v) is 9.09. The number of hydrogen-bond donors (Lipinski definition) is 1. The fraction of sp³-hybridized carbons (Fsp3) is 0.167. The Morgan fingerprint density at radius 3 is 2.42 bits per heavy atom. The van der Waals surface area contributed by atoms with Crippen LogP contribution in [0.25, 0.3) is 11.1 Å². The summed E-state index contributed by atoms with van der Waals surface area (Å²) in [5.41, 5.74) is 2.33. The second kappa shape index (κ2) is 8.06. The van der Waals surface area contributed by atoms with E-state index in [1.54, 1.807) is 25.1 Å². The van der Waals surface area contributed by atoms with Crippen molar-refractivity contribution in [2.45, 2.75) is 13.8 Å². The molecule has 0 unspecified atom stereocenters. The molecule has 0 aromatic heterocycles. The monoisotopic (exact) mass is 383 g/mol. The second-order valence-corrected chi connectivity index (χ2v) is 6.99. The Balaban J connectivity index is 2.45. The standard InChI is InChI=1S/C18H16Cl2FNOS/c1-10(11(2)24-3)18(23)22-17-7-5-13(21)9-14(17)12-4-6-15(19)16(20)8-12/h4-9H,1-3H3,(H,22,23)/b11-10+. The van der Waals surface area contributed by atoms with Crippen molar-refractivity contribution in [2.24, 2.45) is 0 Å². The van der Waals surface area contributed by atoms with E-state index in [0.29, 0.717) is 32.4 Å². The van der Waals surface area contributed by atoms with Crippen LogP contribution in [0.2, 0.25) is 10.0 Å². The molecule has 126 valence electrons. The third-order valence-corrected chi connectivity index (χ3v) is 5.29. The van der Waals surface area contributed by atoms with Gasteiger partial charge in [0.1, 0.15) is 5.82 Å². The molecule has 0 aliphatic carbocycles. The van der Waals surface area contributed by atoms with Crippen LogP contribution in [0, 0.1) is 5.82 Å².